The van der Waals surface area contributed by atoms with E-state index in [-0.39, 0.29) is 0 Å². The van der Waals surface area contributed by atoms with Gasteiger partial charge >= 0.3 is 0 Å². The van der Waals surface area contributed by atoms with Gasteiger partial charge in [0.15, 0.2) is 0 Å². The fourth-order valence-electron chi connectivity index (χ4n) is 3.39. The molecule has 0 amide bonds. The van der Waals surface area contributed by atoms with Crippen molar-refractivity contribution >= 4 is 11.8 Å². The summed E-state index contributed by atoms with van der Waals surface area (Å²) in [6, 6.07) is 0.462. The Balaban J connectivity index is 1.76. The molecule has 0 aromatic heterocycles. The van der Waals surface area contributed by atoms with E-state index in [4.69, 9.17) is 5.73 Å². The Kier molecular flexibility index (Phi) is 5.19. The Labute approximate surface area is 111 Å². The first kappa shape index (κ1) is 13.7. The minimum Gasteiger partial charge on any atom is -0.327 e. The molecule has 1 aliphatic carbocycles. The van der Waals surface area contributed by atoms with Crippen LogP contribution in [0.2, 0.25) is 0 Å². The lowest BCUT2D eigenvalue weighted by atomic mass is 9.79. The molecule has 1 saturated carbocycles. The summed E-state index contributed by atoms with van der Waals surface area (Å²) in [6.45, 7) is 6.23. The van der Waals surface area contributed by atoms with Crippen LogP contribution in [0.5, 0.6) is 0 Å². The van der Waals surface area contributed by atoms with Crippen LogP contribution in [0.4, 0.5) is 0 Å². The third-order valence-corrected chi connectivity index (χ3v) is 5.80. The third-order valence-electron chi connectivity index (χ3n) is 4.66. The molecule has 0 aromatic carbocycles. The summed E-state index contributed by atoms with van der Waals surface area (Å²) in [5.41, 5.74) is 6.28. The molecule has 3 atom stereocenters. The van der Waals surface area contributed by atoms with Crippen LogP contribution in [-0.4, -0.2) is 42.1 Å². The number of thioether (sulfide) groups is 1. The number of hydrogen-bond acceptors (Lipinski definition) is 3. The quantitative estimate of drug-likeness (QED) is 0.841. The summed E-state index contributed by atoms with van der Waals surface area (Å²) in [5.74, 6) is 1.65. The first-order valence-corrected chi connectivity index (χ1v) is 8.48. The molecular formula is C14H28N2S. The molecule has 100 valence electrons. The Morgan fingerprint density at radius 2 is 1.88 bits per heavy atom. The number of likely N-dealkylation sites (tertiary alicyclic amines) is 1. The highest BCUT2D eigenvalue weighted by Gasteiger charge is 2.28. The molecule has 1 aliphatic heterocycles. The largest absolute Gasteiger partial charge is 0.327 e. The zero-order valence-electron chi connectivity index (χ0n) is 11.4. The summed E-state index contributed by atoms with van der Waals surface area (Å²) >= 11 is 2.04. The molecule has 2 rings (SSSR count). The highest BCUT2D eigenvalue weighted by atomic mass is 32.2. The van der Waals surface area contributed by atoms with Crippen molar-refractivity contribution in [2.24, 2.45) is 17.6 Å². The fourth-order valence-corrected chi connectivity index (χ4v) is 4.07. The topological polar surface area (TPSA) is 29.3 Å². The lowest BCUT2D eigenvalue weighted by Crippen LogP contribution is -2.45. The van der Waals surface area contributed by atoms with Gasteiger partial charge in [0.2, 0.25) is 0 Å². The predicted molar refractivity (Wildman–Crippen MR) is 77.5 cm³/mol. The van der Waals surface area contributed by atoms with Gasteiger partial charge in [-0.1, -0.05) is 6.92 Å². The van der Waals surface area contributed by atoms with Crippen LogP contribution in [-0.2, 0) is 0 Å². The summed E-state index contributed by atoms with van der Waals surface area (Å²) in [7, 11) is 0. The molecule has 0 radical (unpaired) electrons. The van der Waals surface area contributed by atoms with Gasteiger partial charge in [0.25, 0.3) is 0 Å². The maximum absolute atomic E-state index is 6.28. The van der Waals surface area contributed by atoms with Crippen LogP contribution in [0.3, 0.4) is 0 Å². The molecule has 2 aliphatic rings. The van der Waals surface area contributed by atoms with E-state index in [1.165, 1.54) is 51.7 Å². The number of hydrogen-bond donors (Lipinski definition) is 1. The van der Waals surface area contributed by atoms with Crippen molar-refractivity contribution in [2.75, 3.05) is 25.9 Å². The smallest absolute Gasteiger partial charge is 0.00795 e. The normalized spacial score (nSPS) is 37.2. The van der Waals surface area contributed by atoms with Gasteiger partial charge in [-0.3, -0.25) is 0 Å². The second kappa shape index (κ2) is 6.44. The highest BCUT2D eigenvalue weighted by Crippen LogP contribution is 2.30. The number of piperidine rings is 1. The van der Waals surface area contributed by atoms with Gasteiger partial charge in [-0.05, 0) is 63.3 Å². The van der Waals surface area contributed by atoms with Crippen LogP contribution in [0.15, 0.2) is 0 Å². The van der Waals surface area contributed by atoms with E-state index >= 15 is 0 Å². The maximum Gasteiger partial charge on any atom is 0.00795 e. The van der Waals surface area contributed by atoms with Crippen molar-refractivity contribution in [2.45, 2.75) is 50.3 Å². The number of rotatable bonds is 3. The summed E-state index contributed by atoms with van der Waals surface area (Å²) in [4.78, 5) is 2.66. The van der Waals surface area contributed by atoms with Crippen LogP contribution in [0.1, 0.15) is 39.0 Å². The molecule has 2 nitrogen and oxygen atoms in total. The standard InChI is InChI=1S/C14H28N2S/c1-11-3-4-14(15)12(9-11)10-16-7-5-13(17-2)6-8-16/h11-14H,3-10,15H2,1-2H3. The molecule has 2 fully saturated rings. The third kappa shape index (κ3) is 3.87. The first-order chi connectivity index (χ1) is 8.19. The Morgan fingerprint density at radius 3 is 2.53 bits per heavy atom. The van der Waals surface area contributed by atoms with Gasteiger partial charge in [-0.25, -0.2) is 0 Å². The lowest BCUT2D eigenvalue weighted by molar-refractivity contribution is 0.145. The van der Waals surface area contributed by atoms with E-state index in [1.807, 2.05) is 11.8 Å². The zero-order valence-corrected chi connectivity index (χ0v) is 12.2. The van der Waals surface area contributed by atoms with Gasteiger partial charge < -0.3 is 10.6 Å². The molecule has 0 bridgehead atoms. The highest BCUT2D eigenvalue weighted by molar-refractivity contribution is 7.99. The van der Waals surface area contributed by atoms with Crippen molar-refractivity contribution in [1.82, 2.24) is 4.90 Å². The predicted octanol–water partition coefficient (Wildman–Crippen LogP) is 2.58. The SMILES string of the molecule is CSC1CCN(CC2CC(C)CCC2N)CC1. The summed E-state index contributed by atoms with van der Waals surface area (Å²) < 4.78 is 0. The molecule has 2 N–H and O–H groups in total. The zero-order chi connectivity index (χ0) is 12.3. The minimum absolute atomic E-state index is 0.462. The van der Waals surface area contributed by atoms with Crippen molar-refractivity contribution in [3.63, 3.8) is 0 Å². The molecule has 0 aromatic rings. The van der Waals surface area contributed by atoms with E-state index in [0.29, 0.717) is 6.04 Å². The van der Waals surface area contributed by atoms with Gasteiger partial charge in [-0.2, -0.15) is 11.8 Å². The van der Waals surface area contributed by atoms with Crippen LogP contribution >= 0.6 is 11.8 Å². The Bertz CT molecular complexity index is 226. The van der Waals surface area contributed by atoms with Gasteiger partial charge in [0.1, 0.15) is 0 Å². The molecule has 0 spiro atoms. The van der Waals surface area contributed by atoms with E-state index in [2.05, 4.69) is 18.1 Å². The molecule has 3 heteroatoms. The van der Waals surface area contributed by atoms with Crippen molar-refractivity contribution < 1.29 is 0 Å². The van der Waals surface area contributed by atoms with E-state index in [0.717, 1.165) is 17.1 Å². The Hall–Kier alpha value is 0.270. The minimum atomic E-state index is 0.462. The van der Waals surface area contributed by atoms with Crippen molar-refractivity contribution in [3.05, 3.63) is 0 Å². The van der Waals surface area contributed by atoms with E-state index in [1.54, 1.807) is 0 Å². The molecule has 1 saturated heterocycles. The molecule has 3 unspecified atom stereocenters. The van der Waals surface area contributed by atoms with Gasteiger partial charge in [0, 0.05) is 17.8 Å². The monoisotopic (exact) mass is 256 g/mol. The summed E-state index contributed by atoms with van der Waals surface area (Å²) in [5, 5.41) is 0.908. The first-order valence-electron chi connectivity index (χ1n) is 7.19. The second-order valence-corrected chi connectivity index (χ2v) is 7.22. The Morgan fingerprint density at radius 1 is 1.18 bits per heavy atom. The number of nitrogens with two attached hydrogens (primary N) is 1. The fraction of sp³-hybridized carbons (Fsp3) is 1.00. The van der Waals surface area contributed by atoms with E-state index in [9.17, 15) is 0 Å². The summed E-state index contributed by atoms with van der Waals surface area (Å²) in [6.07, 6.45) is 8.93. The average molecular weight is 256 g/mol. The van der Waals surface area contributed by atoms with E-state index < -0.39 is 0 Å². The van der Waals surface area contributed by atoms with Gasteiger partial charge in [-0.15, -0.1) is 0 Å². The van der Waals surface area contributed by atoms with Gasteiger partial charge in [0.05, 0.1) is 0 Å². The second-order valence-electron chi connectivity index (χ2n) is 6.08. The van der Waals surface area contributed by atoms with Crippen LogP contribution < -0.4 is 5.73 Å². The molecular weight excluding hydrogens is 228 g/mol. The maximum atomic E-state index is 6.28. The molecule has 1 heterocycles. The number of nitrogens with zero attached hydrogens (tertiary/aromatic N) is 1. The average Bonchev–Trinajstić information content (AvgIpc) is 2.35. The lowest BCUT2D eigenvalue weighted by Gasteiger charge is -2.38. The van der Waals surface area contributed by atoms with Crippen LogP contribution in [0.25, 0.3) is 0 Å². The van der Waals surface area contributed by atoms with Crippen molar-refractivity contribution in [1.29, 1.82) is 0 Å². The van der Waals surface area contributed by atoms with Crippen LogP contribution in [0, 0.1) is 11.8 Å². The van der Waals surface area contributed by atoms with Crippen molar-refractivity contribution in [3.8, 4) is 0 Å². The molecule has 17 heavy (non-hydrogen) atoms.